The lowest BCUT2D eigenvalue weighted by Crippen LogP contribution is -2.25. The minimum Gasteiger partial charge on any atom is -0.329 e. The van der Waals surface area contributed by atoms with Crippen LogP contribution in [0.25, 0.3) is 0 Å². The topological polar surface area (TPSA) is 29.9 Å². The molecule has 0 radical (unpaired) electrons. The van der Waals surface area contributed by atoms with Gasteiger partial charge < -0.3 is 9.88 Å². The van der Waals surface area contributed by atoms with Crippen molar-refractivity contribution in [3.63, 3.8) is 0 Å². The Hall–Kier alpha value is -0.830. The van der Waals surface area contributed by atoms with Crippen LogP contribution in [0.15, 0.2) is 0 Å². The molecule has 3 heteroatoms. The van der Waals surface area contributed by atoms with E-state index in [0.717, 1.165) is 25.4 Å². The van der Waals surface area contributed by atoms with Gasteiger partial charge in [-0.2, -0.15) is 0 Å². The fraction of sp³-hybridized carbons (Fsp3) is 0.786. The van der Waals surface area contributed by atoms with Crippen molar-refractivity contribution in [2.75, 3.05) is 6.54 Å². The van der Waals surface area contributed by atoms with Crippen LogP contribution in [-0.2, 0) is 13.0 Å². The van der Waals surface area contributed by atoms with E-state index in [-0.39, 0.29) is 0 Å². The van der Waals surface area contributed by atoms with Gasteiger partial charge in [0.25, 0.3) is 0 Å². The molecular weight excluding hydrogens is 210 g/mol. The van der Waals surface area contributed by atoms with Crippen molar-refractivity contribution in [2.24, 2.45) is 0 Å². The van der Waals surface area contributed by atoms with Crippen LogP contribution in [0.2, 0.25) is 0 Å². The number of aromatic nitrogens is 2. The molecule has 1 aromatic rings. The smallest absolute Gasteiger partial charge is 0.112 e. The van der Waals surface area contributed by atoms with E-state index in [1.807, 2.05) is 0 Å². The predicted octanol–water partition coefficient (Wildman–Crippen LogP) is 2.77. The summed E-state index contributed by atoms with van der Waals surface area (Å²) in [5.74, 6) is 2.15. The summed E-state index contributed by atoms with van der Waals surface area (Å²) in [4.78, 5) is 4.92. The SMILES string of the molecule is CCCC(C)n1c(C2CC2)nc2c1CCNC2. The van der Waals surface area contributed by atoms with Crippen molar-refractivity contribution in [3.05, 3.63) is 17.2 Å². The first-order valence-corrected chi connectivity index (χ1v) is 7.11. The maximum atomic E-state index is 4.92. The molecule has 2 heterocycles. The molecule has 1 N–H and O–H groups in total. The van der Waals surface area contributed by atoms with Crippen molar-refractivity contribution in [3.8, 4) is 0 Å². The van der Waals surface area contributed by atoms with Crippen molar-refractivity contribution >= 4 is 0 Å². The molecule has 0 spiro atoms. The van der Waals surface area contributed by atoms with Crippen LogP contribution in [0.1, 0.15) is 68.7 Å². The van der Waals surface area contributed by atoms with Crippen LogP contribution in [0.3, 0.4) is 0 Å². The Morgan fingerprint density at radius 1 is 1.47 bits per heavy atom. The Morgan fingerprint density at radius 2 is 2.29 bits per heavy atom. The first-order chi connectivity index (χ1) is 8.31. The van der Waals surface area contributed by atoms with Crippen LogP contribution in [0, 0.1) is 0 Å². The molecule has 0 amide bonds. The standard InChI is InChI=1S/C14H23N3/c1-3-4-10(2)17-13-7-8-15-9-12(13)16-14(17)11-5-6-11/h10-11,15H,3-9H2,1-2H3. The van der Waals surface area contributed by atoms with E-state index < -0.39 is 0 Å². The van der Waals surface area contributed by atoms with E-state index in [0.29, 0.717) is 6.04 Å². The summed E-state index contributed by atoms with van der Waals surface area (Å²) in [6, 6.07) is 0.630. The molecule has 2 aliphatic rings. The molecular formula is C14H23N3. The highest BCUT2D eigenvalue weighted by molar-refractivity contribution is 5.24. The van der Waals surface area contributed by atoms with E-state index in [4.69, 9.17) is 4.98 Å². The minimum atomic E-state index is 0.630. The highest BCUT2D eigenvalue weighted by atomic mass is 15.1. The zero-order valence-corrected chi connectivity index (χ0v) is 11.0. The van der Waals surface area contributed by atoms with Gasteiger partial charge in [-0.1, -0.05) is 13.3 Å². The molecule has 1 aromatic heterocycles. The van der Waals surface area contributed by atoms with Gasteiger partial charge in [-0.25, -0.2) is 4.98 Å². The highest BCUT2D eigenvalue weighted by Crippen LogP contribution is 2.42. The number of hydrogen-bond acceptors (Lipinski definition) is 2. The average molecular weight is 233 g/mol. The molecule has 1 aliphatic carbocycles. The fourth-order valence-corrected chi connectivity index (χ4v) is 3.02. The Kier molecular flexibility index (Phi) is 2.95. The average Bonchev–Trinajstić information content (AvgIpc) is 3.09. The predicted molar refractivity (Wildman–Crippen MR) is 69.2 cm³/mol. The van der Waals surface area contributed by atoms with Crippen LogP contribution < -0.4 is 5.32 Å². The first kappa shape index (κ1) is 11.3. The summed E-state index contributed by atoms with van der Waals surface area (Å²) in [7, 11) is 0. The molecule has 1 fully saturated rings. The summed E-state index contributed by atoms with van der Waals surface area (Å²) in [6.45, 7) is 6.72. The Morgan fingerprint density at radius 3 is 3.00 bits per heavy atom. The van der Waals surface area contributed by atoms with Gasteiger partial charge in [-0.15, -0.1) is 0 Å². The first-order valence-electron chi connectivity index (χ1n) is 7.11. The number of rotatable bonds is 4. The number of nitrogens with zero attached hydrogens (tertiary/aromatic N) is 2. The number of nitrogens with one attached hydrogen (secondary N) is 1. The van der Waals surface area contributed by atoms with Gasteiger partial charge in [0, 0.05) is 37.2 Å². The van der Waals surface area contributed by atoms with Gasteiger partial charge in [-0.05, 0) is 26.2 Å². The maximum absolute atomic E-state index is 4.92. The van der Waals surface area contributed by atoms with E-state index in [1.54, 1.807) is 0 Å². The second kappa shape index (κ2) is 4.45. The number of hydrogen-bond donors (Lipinski definition) is 1. The van der Waals surface area contributed by atoms with Crippen molar-refractivity contribution < 1.29 is 0 Å². The second-order valence-corrected chi connectivity index (χ2v) is 5.57. The van der Waals surface area contributed by atoms with Gasteiger partial charge in [0.05, 0.1) is 5.69 Å². The lowest BCUT2D eigenvalue weighted by atomic mass is 10.1. The Bertz CT molecular complexity index is 404. The summed E-state index contributed by atoms with van der Waals surface area (Å²) in [5, 5.41) is 3.44. The number of fused-ring (bicyclic) bond motifs is 1. The third-order valence-corrected chi connectivity index (χ3v) is 4.04. The van der Waals surface area contributed by atoms with Gasteiger partial charge >= 0.3 is 0 Å². The Labute approximate surface area is 104 Å². The molecule has 17 heavy (non-hydrogen) atoms. The quantitative estimate of drug-likeness (QED) is 0.866. The van der Waals surface area contributed by atoms with Crippen LogP contribution >= 0.6 is 0 Å². The van der Waals surface area contributed by atoms with Crippen molar-refractivity contribution in [2.45, 2.75) is 64.5 Å². The van der Waals surface area contributed by atoms with E-state index in [1.165, 1.54) is 42.9 Å². The van der Waals surface area contributed by atoms with E-state index in [2.05, 4.69) is 23.7 Å². The van der Waals surface area contributed by atoms with E-state index in [9.17, 15) is 0 Å². The molecule has 1 saturated carbocycles. The highest BCUT2D eigenvalue weighted by Gasteiger charge is 2.32. The minimum absolute atomic E-state index is 0.630. The molecule has 0 bridgehead atoms. The fourth-order valence-electron chi connectivity index (χ4n) is 3.02. The maximum Gasteiger partial charge on any atom is 0.112 e. The van der Waals surface area contributed by atoms with Gasteiger partial charge in [0.15, 0.2) is 0 Å². The lowest BCUT2D eigenvalue weighted by Gasteiger charge is -2.21. The molecule has 1 aliphatic heterocycles. The summed E-state index contributed by atoms with van der Waals surface area (Å²) < 4.78 is 2.58. The number of imidazole rings is 1. The zero-order valence-electron chi connectivity index (χ0n) is 11.0. The lowest BCUT2D eigenvalue weighted by molar-refractivity contribution is 0.460. The van der Waals surface area contributed by atoms with Gasteiger partial charge in [0.2, 0.25) is 0 Å². The third kappa shape index (κ3) is 2.01. The molecule has 0 aromatic carbocycles. The summed E-state index contributed by atoms with van der Waals surface area (Å²) in [5.41, 5.74) is 2.84. The molecule has 94 valence electrons. The van der Waals surface area contributed by atoms with Crippen molar-refractivity contribution in [1.82, 2.24) is 14.9 Å². The molecule has 0 saturated heterocycles. The van der Waals surface area contributed by atoms with Crippen LogP contribution in [-0.4, -0.2) is 16.1 Å². The van der Waals surface area contributed by atoms with Crippen LogP contribution in [0.4, 0.5) is 0 Å². The molecule has 1 atom stereocenters. The molecule has 3 nitrogen and oxygen atoms in total. The third-order valence-electron chi connectivity index (χ3n) is 4.04. The molecule has 3 rings (SSSR count). The molecule has 1 unspecified atom stereocenters. The van der Waals surface area contributed by atoms with Crippen LogP contribution in [0.5, 0.6) is 0 Å². The normalized spacial score (nSPS) is 21.3. The zero-order chi connectivity index (χ0) is 11.8. The monoisotopic (exact) mass is 233 g/mol. The van der Waals surface area contributed by atoms with Crippen molar-refractivity contribution in [1.29, 1.82) is 0 Å². The second-order valence-electron chi connectivity index (χ2n) is 5.57. The van der Waals surface area contributed by atoms with E-state index >= 15 is 0 Å². The van der Waals surface area contributed by atoms with Gasteiger partial charge in [-0.3, -0.25) is 0 Å². The Balaban J connectivity index is 1.99. The summed E-state index contributed by atoms with van der Waals surface area (Å²) in [6.07, 6.45) is 6.39. The van der Waals surface area contributed by atoms with Gasteiger partial charge in [0.1, 0.15) is 5.82 Å². The largest absolute Gasteiger partial charge is 0.329 e. The summed E-state index contributed by atoms with van der Waals surface area (Å²) >= 11 is 0.